The first-order valence-corrected chi connectivity index (χ1v) is 19.6. The lowest BCUT2D eigenvalue weighted by Gasteiger charge is -2.21. The number of aromatic nitrogens is 2. The predicted molar refractivity (Wildman–Crippen MR) is 241 cm³/mol. The maximum atomic E-state index is 8.14. The van der Waals surface area contributed by atoms with E-state index in [1.807, 2.05) is 6.07 Å². The summed E-state index contributed by atoms with van der Waals surface area (Å²) in [5.74, 6) is 0. The Kier molecular flexibility index (Phi) is 7.99. The van der Waals surface area contributed by atoms with Crippen LogP contribution in [0.2, 0.25) is 0 Å². The molecule has 0 aliphatic rings. The van der Waals surface area contributed by atoms with Crippen molar-refractivity contribution in [2.45, 2.75) is 34.6 Å². The number of para-hydroxylation sites is 2. The van der Waals surface area contributed by atoms with Crippen LogP contribution in [0.15, 0.2) is 158 Å². The Hall–Kier alpha value is -7.15. The lowest BCUT2D eigenvalue weighted by atomic mass is 9.95. The number of rotatable bonds is 5. The SMILES string of the molecule is [C-]#[N+]c1ccc(-n2c3ccccc3c3cc(-c4cc(C)cc(C)c4)ccc32)c(-c2c(C)cccc2-n2c3ccccc3c3cc(-c4cc(C)cc(C)c4)ccc32)c1. The van der Waals surface area contributed by atoms with Crippen molar-refractivity contribution in [3.63, 3.8) is 0 Å². The van der Waals surface area contributed by atoms with Gasteiger partial charge in [-0.15, -0.1) is 0 Å². The van der Waals surface area contributed by atoms with Crippen molar-refractivity contribution >= 4 is 49.3 Å². The van der Waals surface area contributed by atoms with Crippen molar-refractivity contribution in [2.75, 3.05) is 0 Å². The van der Waals surface area contributed by atoms with Crippen molar-refractivity contribution in [3.05, 3.63) is 197 Å². The van der Waals surface area contributed by atoms with Gasteiger partial charge in [-0.3, -0.25) is 0 Å². The lowest BCUT2D eigenvalue weighted by Crippen LogP contribution is -2.03. The summed E-state index contributed by atoms with van der Waals surface area (Å²) in [6, 6.07) is 57.6. The van der Waals surface area contributed by atoms with Crippen LogP contribution in [0.25, 0.3) is 93.2 Å². The van der Waals surface area contributed by atoms with Crippen LogP contribution in [0.4, 0.5) is 5.69 Å². The third kappa shape index (κ3) is 5.64. The number of hydrogen-bond donors (Lipinski definition) is 0. The van der Waals surface area contributed by atoms with Crippen molar-refractivity contribution in [1.29, 1.82) is 0 Å². The number of aryl methyl sites for hydroxylation is 5. The third-order valence-electron chi connectivity index (χ3n) is 11.6. The molecule has 0 bridgehead atoms. The topological polar surface area (TPSA) is 14.2 Å². The molecule has 0 saturated heterocycles. The molecule has 0 unspecified atom stereocenters. The molecule has 0 saturated carbocycles. The van der Waals surface area contributed by atoms with Crippen molar-refractivity contribution < 1.29 is 0 Å². The van der Waals surface area contributed by atoms with Crippen molar-refractivity contribution in [3.8, 4) is 44.8 Å². The Labute approximate surface area is 333 Å². The van der Waals surface area contributed by atoms with Crippen LogP contribution in [0, 0.1) is 41.2 Å². The average Bonchev–Trinajstić information content (AvgIpc) is 3.72. The first-order valence-electron chi connectivity index (χ1n) is 19.6. The fraction of sp³-hybridized carbons (Fsp3) is 0.0926. The van der Waals surface area contributed by atoms with Gasteiger partial charge in [0.25, 0.3) is 0 Å². The monoisotopic (exact) mass is 731 g/mol. The van der Waals surface area contributed by atoms with Gasteiger partial charge in [-0.2, -0.15) is 0 Å². The Morgan fingerprint density at radius 2 is 0.877 bits per heavy atom. The molecule has 0 aliphatic heterocycles. The molecule has 0 radical (unpaired) electrons. The summed E-state index contributed by atoms with van der Waals surface area (Å²) in [6.07, 6.45) is 0. The maximum Gasteiger partial charge on any atom is 0.188 e. The molecule has 2 aromatic heterocycles. The number of hydrogen-bond acceptors (Lipinski definition) is 0. The van der Waals surface area contributed by atoms with E-state index in [0.29, 0.717) is 5.69 Å². The van der Waals surface area contributed by atoms with Gasteiger partial charge >= 0.3 is 0 Å². The molecule has 2 heterocycles. The van der Waals surface area contributed by atoms with E-state index in [2.05, 4.69) is 200 Å². The van der Waals surface area contributed by atoms with Gasteiger partial charge in [0.1, 0.15) is 0 Å². The highest BCUT2D eigenvalue weighted by Gasteiger charge is 2.22. The molecule has 8 aromatic carbocycles. The normalized spacial score (nSPS) is 11.6. The largest absolute Gasteiger partial charge is 0.309 e. The van der Waals surface area contributed by atoms with Crippen LogP contribution in [0.1, 0.15) is 27.8 Å². The van der Waals surface area contributed by atoms with Crippen molar-refractivity contribution in [1.82, 2.24) is 9.13 Å². The minimum atomic E-state index is 0.612. The van der Waals surface area contributed by atoms with Crippen LogP contribution in [-0.4, -0.2) is 9.13 Å². The second-order valence-electron chi connectivity index (χ2n) is 15.7. The highest BCUT2D eigenvalue weighted by Crippen LogP contribution is 2.44. The second kappa shape index (κ2) is 13.3. The summed E-state index contributed by atoms with van der Waals surface area (Å²) in [4.78, 5) is 3.97. The second-order valence-corrected chi connectivity index (χ2v) is 15.7. The van der Waals surface area contributed by atoms with Gasteiger partial charge in [0.2, 0.25) is 0 Å². The average molecular weight is 732 g/mol. The summed E-state index contributed by atoms with van der Waals surface area (Å²) < 4.78 is 4.83. The summed E-state index contributed by atoms with van der Waals surface area (Å²) in [7, 11) is 0. The first kappa shape index (κ1) is 34.3. The third-order valence-corrected chi connectivity index (χ3v) is 11.6. The maximum absolute atomic E-state index is 8.14. The van der Waals surface area contributed by atoms with Crippen LogP contribution >= 0.6 is 0 Å². The minimum absolute atomic E-state index is 0.612. The zero-order valence-electron chi connectivity index (χ0n) is 32.9. The molecule has 3 heteroatoms. The lowest BCUT2D eigenvalue weighted by molar-refractivity contribution is 1.15. The van der Waals surface area contributed by atoms with Crippen molar-refractivity contribution in [2.24, 2.45) is 0 Å². The number of benzene rings is 8. The quantitative estimate of drug-likeness (QED) is 0.157. The summed E-state index contributed by atoms with van der Waals surface area (Å²) >= 11 is 0. The predicted octanol–water partition coefficient (Wildman–Crippen LogP) is 15.0. The summed E-state index contributed by atoms with van der Waals surface area (Å²) in [5, 5.41) is 4.83. The zero-order chi connectivity index (χ0) is 38.9. The van der Waals surface area contributed by atoms with Gasteiger partial charge in [0.15, 0.2) is 5.69 Å². The Bertz CT molecular complexity index is 3270. The molecular weight excluding hydrogens is 691 g/mol. The van der Waals surface area contributed by atoms with Crippen LogP contribution in [0.3, 0.4) is 0 Å². The van der Waals surface area contributed by atoms with Gasteiger partial charge in [-0.1, -0.05) is 125 Å². The van der Waals surface area contributed by atoms with Crippen LogP contribution in [0.5, 0.6) is 0 Å². The van der Waals surface area contributed by atoms with E-state index in [1.54, 1.807) is 0 Å². The Morgan fingerprint density at radius 3 is 1.40 bits per heavy atom. The van der Waals surface area contributed by atoms with E-state index in [4.69, 9.17) is 6.57 Å². The number of fused-ring (bicyclic) bond motifs is 6. The van der Waals surface area contributed by atoms with E-state index in [-0.39, 0.29) is 0 Å². The molecule has 3 nitrogen and oxygen atoms in total. The molecule has 0 aliphatic carbocycles. The molecule has 0 spiro atoms. The standard InChI is InChI=1S/C54H41N3/c1-33-24-34(2)27-40(26-33)38-18-21-50-45(30-38)43-13-7-9-15-48(43)56(50)52-23-20-42(55-6)32-47(52)54-37(5)12-11-17-53(54)57-49-16-10-8-14-44(49)46-31-39(19-22-51(46)57)41-28-35(3)25-36(4)29-41/h7-32H,1-5H3. The van der Waals surface area contributed by atoms with Gasteiger partial charge in [-0.05, 0) is 123 Å². The van der Waals surface area contributed by atoms with E-state index in [1.165, 1.54) is 66.1 Å². The first-order chi connectivity index (χ1) is 27.7. The molecular formula is C54H41N3. The van der Waals surface area contributed by atoms with Gasteiger partial charge in [-0.25, -0.2) is 4.85 Å². The van der Waals surface area contributed by atoms with Gasteiger partial charge in [0.05, 0.1) is 40.0 Å². The van der Waals surface area contributed by atoms with E-state index in [0.717, 1.165) is 50.1 Å². The minimum Gasteiger partial charge on any atom is -0.309 e. The summed E-state index contributed by atoms with van der Waals surface area (Å²) in [5.41, 5.74) is 20.5. The number of nitrogens with zero attached hydrogens (tertiary/aromatic N) is 3. The molecule has 0 fully saturated rings. The molecule has 0 amide bonds. The molecule has 272 valence electrons. The van der Waals surface area contributed by atoms with Crippen LogP contribution < -0.4 is 0 Å². The van der Waals surface area contributed by atoms with Crippen LogP contribution in [-0.2, 0) is 0 Å². The smallest absolute Gasteiger partial charge is 0.188 e. The molecule has 57 heavy (non-hydrogen) atoms. The van der Waals surface area contributed by atoms with E-state index in [9.17, 15) is 0 Å². The summed E-state index contributed by atoms with van der Waals surface area (Å²) in [6.45, 7) is 19.0. The highest BCUT2D eigenvalue weighted by atomic mass is 15.0. The fourth-order valence-electron chi connectivity index (χ4n) is 9.28. The molecule has 0 N–H and O–H groups in total. The highest BCUT2D eigenvalue weighted by molar-refractivity contribution is 6.13. The van der Waals surface area contributed by atoms with Gasteiger partial charge < -0.3 is 9.13 Å². The van der Waals surface area contributed by atoms with E-state index >= 15 is 0 Å². The van der Waals surface area contributed by atoms with E-state index < -0.39 is 0 Å². The zero-order valence-corrected chi connectivity index (χ0v) is 32.9. The fourth-order valence-corrected chi connectivity index (χ4v) is 9.28. The molecule has 0 atom stereocenters. The Balaban J connectivity index is 1.24. The molecule has 10 aromatic rings. The Morgan fingerprint density at radius 1 is 0.386 bits per heavy atom. The van der Waals surface area contributed by atoms with Gasteiger partial charge in [0, 0.05) is 27.1 Å². The molecule has 10 rings (SSSR count).